The van der Waals surface area contributed by atoms with Crippen molar-refractivity contribution in [3.8, 4) is 0 Å². The molecule has 0 aromatic rings. The van der Waals surface area contributed by atoms with Gasteiger partial charge in [0.1, 0.15) is 0 Å². The van der Waals surface area contributed by atoms with Crippen LogP contribution in [-0.4, -0.2) is 65.9 Å². The summed E-state index contributed by atoms with van der Waals surface area (Å²) in [6.45, 7) is 1.36. The highest BCUT2D eigenvalue weighted by Crippen LogP contribution is 2.49. The Morgan fingerprint density at radius 3 is 1.60 bits per heavy atom. The summed E-state index contributed by atoms with van der Waals surface area (Å²) in [4.78, 5) is 35.1. The van der Waals surface area contributed by atoms with Crippen LogP contribution in [0.15, 0.2) is 0 Å². The fourth-order valence-electron chi connectivity index (χ4n) is 2.31. The van der Waals surface area contributed by atoms with Gasteiger partial charge in [-0.1, -0.05) is 0 Å². The van der Waals surface area contributed by atoms with Crippen molar-refractivity contribution in [2.24, 2.45) is 0 Å². The number of hydrogen-bond donors (Lipinski definition) is 4. The van der Waals surface area contributed by atoms with Gasteiger partial charge in [0.25, 0.3) is 4.70 Å². The fourth-order valence-corrected chi connectivity index (χ4v) is 2.99. The van der Waals surface area contributed by atoms with E-state index in [1.54, 1.807) is 0 Å². The smallest absolute Gasteiger partial charge is 0.265 e. The second-order valence-electron chi connectivity index (χ2n) is 4.80. The molecular formula is C11H15BrO8. The van der Waals surface area contributed by atoms with E-state index in [0.717, 1.165) is 20.8 Å². The van der Waals surface area contributed by atoms with Crippen molar-refractivity contribution in [2.75, 3.05) is 6.61 Å². The Morgan fingerprint density at radius 2 is 1.30 bits per heavy atom. The number of alkyl halides is 1. The maximum atomic E-state index is 11.8. The molecule has 8 nitrogen and oxygen atoms in total. The van der Waals surface area contributed by atoms with Crippen LogP contribution in [0.1, 0.15) is 20.8 Å². The Bertz CT molecular complexity index is 489. The largest absolute Gasteiger partial charge is 0.376 e. The van der Waals surface area contributed by atoms with Gasteiger partial charge in [-0.05, 0) is 36.7 Å². The molecular weight excluding hydrogens is 340 g/mol. The van der Waals surface area contributed by atoms with E-state index in [1.165, 1.54) is 0 Å². The van der Waals surface area contributed by atoms with E-state index in [-0.39, 0.29) is 0 Å². The molecule has 0 spiro atoms. The lowest BCUT2D eigenvalue weighted by molar-refractivity contribution is -0.346. The van der Waals surface area contributed by atoms with E-state index in [1.807, 2.05) is 0 Å². The summed E-state index contributed by atoms with van der Waals surface area (Å²) in [7, 11) is 0. The number of rotatable bonds is 3. The van der Waals surface area contributed by atoms with Gasteiger partial charge in [-0.25, -0.2) is 0 Å². The molecule has 0 bridgehead atoms. The van der Waals surface area contributed by atoms with Gasteiger partial charge < -0.3 is 25.2 Å². The topological polar surface area (TPSA) is 141 Å². The summed E-state index contributed by atoms with van der Waals surface area (Å²) in [6.07, 6.45) is 0. The summed E-state index contributed by atoms with van der Waals surface area (Å²) in [5, 5.41) is 41.1. The molecule has 0 saturated carbocycles. The third-order valence-corrected chi connectivity index (χ3v) is 4.44. The predicted octanol–water partition coefficient (Wildman–Crippen LogP) is -1.98. The van der Waals surface area contributed by atoms with E-state index >= 15 is 0 Å². The molecule has 0 aromatic heterocycles. The maximum Gasteiger partial charge on any atom is 0.265 e. The lowest BCUT2D eigenvalue weighted by Crippen LogP contribution is -2.85. The van der Waals surface area contributed by atoms with Gasteiger partial charge in [0.2, 0.25) is 11.2 Å². The minimum atomic E-state index is -3.29. The highest BCUT2D eigenvalue weighted by atomic mass is 79.9. The zero-order chi connectivity index (χ0) is 16.1. The number of ketones is 3. The van der Waals surface area contributed by atoms with E-state index in [9.17, 15) is 34.8 Å². The first-order valence-corrected chi connectivity index (χ1v) is 6.34. The molecule has 0 aliphatic carbocycles. The van der Waals surface area contributed by atoms with Crippen LogP contribution >= 0.6 is 15.9 Å². The first-order valence-electron chi connectivity index (χ1n) is 5.54. The molecule has 1 aliphatic heterocycles. The standard InChI is InChI=1S/C11H15BrO8/c1-5(13)8(16)4-20-11(12,19)10(18,7(3)15)9(8,17)6(2)14/h16-19H,4H2,1-3H3/t8-,9-,10+,11+/m0/s1. The van der Waals surface area contributed by atoms with Crippen LogP contribution in [0.3, 0.4) is 0 Å². The molecule has 20 heavy (non-hydrogen) atoms. The zero-order valence-corrected chi connectivity index (χ0v) is 12.6. The zero-order valence-electron chi connectivity index (χ0n) is 11.0. The Kier molecular flexibility index (Phi) is 4.03. The van der Waals surface area contributed by atoms with Crippen LogP contribution < -0.4 is 0 Å². The van der Waals surface area contributed by atoms with Gasteiger partial charge in [-0.15, -0.1) is 0 Å². The first kappa shape index (κ1) is 17.3. The van der Waals surface area contributed by atoms with Gasteiger partial charge in [0.05, 0.1) is 6.61 Å². The van der Waals surface area contributed by atoms with Crippen LogP contribution in [-0.2, 0) is 19.1 Å². The van der Waals surface area contributed by atoms with E-state index in [0.29, 0.717) is 0 Å². The third kappa shape index (κ3) is 1.74. The number of ether oxygens (including phenoxy) is 1. The molecule has 114 valence electrons. The lowest BCUT2D eigenvalue weighted by Gasteiger charge is -2.56. The number of Topliss-reactive ketones (excluding diaryl/α,β-unsaturated/α-hetero) is 3. The minimum absolute atomic E-state index is 0.759. The molecule has 4 atom stereocenters. The SMILES string of the molecule is CC(=O)[C@@]1(O)[C@](O)(C(C)=O)[C@@](O)(C(C)=O)CO[C@@]1(O)Br. The van der Waals surface area contributed by atoms with Crippen molar-refractivity contribution in [3.63, 3.8) is 0 Å². The molecule has 1 heterocycles. The third-order valence-electron chi connectivity index (χ3n) is 3.64. The molecule has 1 saturated heterocycles. The monoisotopic (exact) mass is 354 g/mol. The second kappa shape index (κ2) is 4.65. The molecule has 4 N–H and O–H groups in total. The average molecular weight is 355 g/mol. The van der Waals surface area contributed by atoms with Gasteiger partial charge in [-0.3, -0.25) is 14.4 Å². The molecule has 0 aromatic carbocycles. The van der Waals surface area contributed by atoms with Crippen molar-refractivity contribution < 1.29 is 39.5 Å². The van der Waals surface area contributed by atoms with Crippen molar-refractivity contribution in [1.82, 2.24) is 0 Å². The Morgan fingerprint density at radius 1 is 0.900 bits per heavy atom. The lowest BCUT2D eigenvalue weighted by atomic mass is 9.63. The van der Waals surface area contributed by atoms with Crippen LogP contribution in [0.5, 0.6) is 0 Å². The van der Waals surface area contributed by atoms with Gasteiger partial charge in [0.15, 0.2) is 23.0 Å². The van der Waals surface area contributed by atoms with Crippen LogP contribution in [0.25, 0.3) is 0 Å². The fraction of sp³-hybridized carbons (Fsp3) is 0.727. The molecule has 0 amide bonds. The molecule has 0 radical (unpaired) electrons. The van der Waals surface area contributed by atoms with Crippen molar-refractivity contribution in [3.05, 3.63) is 0 Å². The molecule has 9 heteroatoms. The van der Waals surface area contributed by atoms with Gasteiger partial charge in [-0.2, -0.15) is 0 Å². The van der Waals surface area contributed by atoms with Crippen molar-refractivity contribution in [2.45, 2.75) is 42.3 Å². The molecule has 1 fully saturated rings. The summed E-state index contributed by atoms with van der Waals surface area (Å²) in [5.74, 6) is -3.68. The summed E-state index contributed by atoms with van der Waals surface area (Å²) in [5.41, 5.74) is -9.46. The molecule has 1 aliphatic rings. The number of hydrogen-bond acceptors (Lipinski definition) is 8. The van der Waals surface area contributed by atoms with Crippen molar-refractivity contribution in [1.29, 1.82) is 0 Å². The van der Waals surface area contributed by atoms with Crippen LogP contribution in [0.4, 0.5) is 0 Å². The van der Waals surface area contributed by atoms with E-state index in [4.69, 9.17) is 0 Å². The predicted molar refractivity (Wildman–Crippen MR) is 66.7 cm³/mol. The minimum Gasteiger partial charge on any atom is -0.376 e. The number of carbonyl (C=O) groups is 3. The van der Waals surface area contributed by atoms with E-state index in [2.05, 4.69) is 20.7 Å². The van der Waals surface area contributed by atoms with Crippen molar-refractivity contribution >= 4 is 33.3 Å². The van der Waals surface area contributed by atoms with E-state index < -0.39 is 45.5 Å². The number of halogens is 1. The summed E-state index contributed by atoms with van der Waals surface area (Å²) < 4.78 is 1.83. The Hall–Kier alpha value is -0.710. The highest BCUT2D eigenvalue weighted by Gasteiger charge is 2.79. The van der Waals surface area contributed by atoms with Gasteiger partial charge in [0, 0.05) is 0 Å². The summed E-state index contributed by atoms with van der Waals surface area (Å²) in [6, 6.07) is 0. The number of aliphatic hydroxyl groups is 4. The maximum absolute atomic E-state index is 11.8. The normalized spacial score (nSPS) is 45.0. The molecule has 1 rings (SSSR count). The Labute approximate surface area is 122 Å². The van der Waals surface area contributed by atoms with Crippen LogP contribution in [0, 0.1) is 0 Å². The average Bonchev–Trinajstić information content (AvgIpc) is 2.31. The van der Waals surface area contributed by atoms with Crippen LogP contribution in [0.2, 0.25) is 0 Å². The second-order valence-corrected chi connectivity index (χ2v) is 5.87. The first-order chi connectivity index (χ1) is 8.79. The highest BCUT2D eigenvalue weighted by molar-refractivity contribution is 9.10. The quantitative estimate of drug-likeness (QED) is 0.427. The molecule has 0 unspecified atom stereocenters. The Balaban J connectivity index is 3.77. The number of carbonyl (C=O) groups excluding carboxylic acids is 3. The summed E-state index contributed by atoms with van der Waals surface area (Å²) >= 11 is 2.49. The van der Waals surface area contributed by atoms with Gasteiger partial charge >= 0.3 is 0 Å².